The van der Waals surface area contributed by atoms with Gasteiger partial charge in [0.1, 0.15) is 5.69 Å². The second-order valence-electron chi connectivity index (χ2n) is 9.51. The van der Waals surface area contributed by atoms with Crippen LogP contribution in [0.15, 0.2) is 36.4 Å². The lowest BCUT2D eigenvalue weighted by atomic mass is 9.66. The van der Waals surface area contributed by atoms with Gasteiger partial charge in [-0.05, 0) is 42.6 Å². The van der Waals surface area contributed by atoms with Crippen LogP contribution in [0, 0.1) is 17.0 Å². The Bertz CT molecular complexity index is 1440. The van der Waals surface area contributed by atoms with Crippen LogP contribution < -0.4 is 15.5 Å². The number of rotatable bonds is 2. The smallest absolute Gasteiger partial charge is 0.328 e. The van der Waals surface area contributed by atoms with Crippen molar-refractivity contribution >= 4 is 35.1 Å². The molecular formula is C25H21F2N5O4S. The number of hydrogen-bond acceptors (Lipinski definition) is 8. The highest BCUT2D eigenvalue weighted by Crippen LogP contribution is 2.49. The summed E-state index contributed by atoms with van der Waals surface area (Å²) in [5.41, 5.74) is -0.812. The molecule has 3 aromatic rings. The summed E-state index contributed by atoms with van der Waals surface area (Å²) in [5, 5.41) is 8.46. The predicted molar refractivity (Wildman–Crippen MR) is 130 cm³/mol. The van der Waals surface area contributed by atoms with E-state index in [4.69, 9.17) is 4.74 Å². The number of imide groups is 2. The molecule has 1 unspecified atom stereocenters. The Hall–Kier alpha value is -3.77. The highest BCUT2D eigenvalue weighted by atomic mass is 32.1. The molecule has 37 heavy (non-hydrogen) atoms. The summed E-state index contributed by atoms with van der Waals surface area (Å²) >= 11 is 1.05. The van der Waals surface area contributed by atoms with Crippen LogP contribution in [-0.2, 0) is 20.7 Å². The zero-order valence-electron chi connectivity index (χ0n) is 19.7. The Labute approximate surface area is 214 Å². The fraction of sp³-hybridized carbons (Fsp3) is 0.320. The lowest BCUT2D eigenvalue weighted by Gasteiger charge is -2.55. The SMILES string of the molecule is C[C@H]1CN2c3c(cc(-c4nnsc4-c4ccccc4)c(F)c3F)CC3(C(=O)NC(=O)NC3=O)C2[C@@H](C)O1. The molecule has 0 aliphatic carbocycles. The van der Waals surface area contributed by atoms with E-state index in [0.717, 1.165) is 17.1 Å². The number of barbiturate groups is 1. The molecule has 9 nitrogen and oxygen atoms in total. The van der Waals surface area contributed by atoms with E-state index in [1.807, 2.05) is 30.3 Å². The number of carbonyl (C=O) groups is 3. The number of ether oxygens (including phenoxy) is 1. The van der Waals surface area contributed by atoms with Crippen molar-refractivity contribution in [3.8, 4) is 21.7 Å². The average Bonchev–Trinajstić information content (AvgIpc) is 3.34. The summed E-state index contributed by atoms with van der Waals surface area (Å²) in [4.78, 5) is 40.6. The van der Waals surface area contributed by atoms with Gasteiger partial charge in [-0.2, -0.15) is 0 Å². The number of fused-ring (bicyclic) bond motifs is 4. The predicted octanol–water partition coefficient (Wildman–Crippen LogP) is 3.04. The number of halogens is 2. The Kier molecular flexibility index (Phi) is 5.35. The molecular weight excluding hydrogens is 504 g/mol. The van der Waals surface area contributed by atoms with E-state index in [-0.39, 0.29) is 41.6 Å². The highest BCUT2D eigenvalue weighted by Gasteiger charge is 2.63. The monoisotopic (exact) mass is 525 g/mol. The van der Waals surface area contributed by atoms with Gasteiger partial charge < -0.3 is 9.64 Å². The number of aromatic nitrogens is 2. The third-order valence-electron chi connectivity index (χ3n) is 7.25. The van der Waals surface area contributed by atoms with E-state index in [9.17, 15) is 14.4 Å². The maximum atomic E-state index is 15.9. The number of carbonyl (C=O) groups excluding carboxylic acids is 3. The lowest BCUT2D eigenvalue weighted by molar-refractivity contribution is -0.153. The summed E-state index contributed by atoms with van der Waals surface area (Å²) in [6, 6.07) is 8.62. The topological polar surface area (TPSA) is 114 Å². The first-order valence-electron chi connectivity index (χ1n) is 11.7. The van der Waals surface area contributed by atoms with Gasteiger partial charge in [-0.25, -0.2) is 13.6 Å². The minimum Gasteiger partial charge on any atom is -0.372 e. The Balaban J connectivity index is 1.57. The number of hydrogen-bond donors (Lipinski definition) is 2. The maximum Gasteiger partial charge on any atom is 0.328 e. The van der Waals surface area contributed by atoms with Crippen molar-refractivity contribution < 1.29 is 27.9 Å². The minimum atomic E-state index is -1.80. The van der Waals surface area contributed by atoms with Crippen molar-refractivity contribution in [3.05, 3.63) is 53.6 Å². The van der Waals surface area contributed by atoms with Crippen LogP contribution in [-0.4, -0.2) is 52.2 Å². The van der Waals surface area contributed by atoms with Gasteiger partial charge in [-0.1, -0.05) is 34.8 Å². The molecule has 12 heteroatoms. The molecule has 4 heterocycles. The second-order valence-corrected chi connectivity index (χ2v) is 10.3. The van der Waals surface area contributed by atoms with Gasteiger partial charge in [-0.15, -0.1) is 5.10 Å². The molecule has 0 saturated carbocycles. The van der Waals surface area contributed by atoms with Crippen LogP contribution in [0.25, 0.3) is 21.7 Å². The summed E-state index contributed by atoms with van der Waals surface area (Å²) in [6.45, 7) is 3.56. The van der Waals surface area contributed by atoms with Gasteiger partial charge in [0.15, 0.2) is 17.0 Å². The number of nitrogens with one attached hydrogen (secondary N) is 2. The van der Waals surface area contributed by atoms with E-state index in [1.165, 1.54) is 11.0 Å². The highest BCUT2D eigenvalue weighted by molar-refractivity contribution is 7.09. The first-order chi connectivity index (χ1) is 17.7. The average molecular weight is 526 g/mol. The van der Waals surface area contributed by atoms with Crippen LogP contribution in [0.1, 0.15) is 19.4 Å². The fourth-order valence-corrected chi connectivity index (χ4v) is 6.54. The summed E-state index contributed by atoms with van der Waals surface area (Å²) in [6.07, 6.45) is -1.35. The lowest BCUT2D eigenvalue weighted by Crippen LogP contribution is -2.75. The van der Waals surface area contributed by atoms with Gasteiger partial charge in [-0.3, -0.25) is 20.2 Å². The van der Waals surface area contributed by atoms with Crippen molar-refractivity contribution in [1.82, 2.24) is 20.2 Å². The first kappa shape index (κ1) is 23.6. The van der Waals surface area contributed by atoms with Crippen LogP contribution in [0.2, 0.25) is 0 Å². The summed E-state index contributed by atoms with van der Waals surface area (Å²) in [7, 11) is 0. The molecule has 3 atom stereocenters. The van der Waals surface area contributed by atoms with Crippen molar-refractivity contribution in [2.75, 3.05) is 11.4 Å². The van der Waals surface area contributed by atoms with Crippen molar-refractivity contribution in [2.45, 2.75) is 38.5 Å². The standard InChI is InChI=1S/C25H21F2N5O4S/c1-11-10-32-19-14(9-25(21(32)12(2)36-11)22(33)28-24(35)29-23(25)34)8-15(16(26)17(19)27)18-20(37-31-30-18)13-6-4-3-5-7-13/h3-8,11-12,21H,9-10H2,1-2H3,(H2,28,29,33,34,35)/t11-,12+,21?/m0/s1. The van der Waals surface area contributed by atoms with Crippen LogP contribution in [0.3, 0.4) is 0 Å². The molecule has 3 aliphatic heterocycles. The van der Waals surface area contributed by atoms with Crippen molar-refractivity contribution in [3.63, 3.8) is 0 Å². The van der Waals surface area contributed by atoms with Crippen molar-refractivity contribution in [2.24, 2.45) is 5.41 Å². The number of nitrogens with zero attached hydrogens (tertiary/aromatic N) is 3. The molecule has 2 aromatic carbocycles. The van der Waals surface area contributed by atoms with Gasteiger partial charge >= 0.3 is 6.03 Å². The second kappa shape index (κ2) is 8.38. The molecule has 6 rings (SSSR count). The van der Waals surface area contributed by atoms with Crippen LogP contribution in [0.5, 0.6) is 0 Å². The maximum absolute atomic E-state index is 15.9. The molecule has 2 saturated heterocycles. The van der Waals surface area contributed by atoms with Gasteiger partial charge in [0.05, 0.1) is 28.8 Å². The number of urea groups is 1. The van der Waals surface area contributed by atoms with Crippen LogP contribution >= 0.6 is 11.5 Å². The van der Waals surface area contributed by atoms with E-state index < -0.39 is 47.0 Å². The Morgan fingerprint density at radius 3 is 2.49 bits per heavy atom. The molecule has 2 fully saturated rings. The molecule has 4 amide bonds. The molecule has 3 aliphatic rings. The van der Waals surface area contributed by atoms with E-state index in [2.05, 4.69) is 20.2 Å². The van der Waals surface area contributed by atoms with Gasteiger partial charge in [0.25, 0.3) is 0 Å². The summed E-state index contributed by atoms with van der Waals surface area (Å²) < 4.78 is 41.6. The van der Waals surface area contributed by atoms with Crippen molar-refractivity contribution in [1.29, 1.82) is 0 Å². The molecule has 1 spiro atoms. The Morgan fingerprint density at radius 1 is 1.08 bits per heavy atom. The fourth-order valence-electron chi connectivity index (χ4n) is 5.86. The van der Waals surface area contributed by atoms with Gasteiger partial charge in [0.2, 0.25) is 11.8 Å². The van der Waals surface area contributed by atoms with Gasteiger partial charge in [0, 0.05) is 18.5 Å². The normalized spacial score (nSPS) is 24.4. The summed E-state index contributed by atoms with van der Waals surface area (Å²) in [5.74, 6) is -3.82. The molecule has 0 radical (unpaired) electrons. The zero-order valence-corrected chi connectivity index (χ0v) is 20.6. The van der Waals surface area contributed by atoms with E-state index >= 15 is 8.78 Å². The van der Waals surface area contributed by atoms with Crippen LogP contribution in [0.4, 0.5) is 19.3 Å². The van der Waals surface area contributed by atoms with E-state index in [0.29, 0.717) is 4.88 Å². The third-order valence-corrected chi connectivity index (χ3v) is 8.02. The Morgan fingerprint density at radius 2 is 1.78 bits per heavy atom. The first-order valence-corrected chi connectivity index (χ1v) is 12.5. The number of morpholine rings is 1. The largest absolute Gasteiger partial charge is 0.372 e. The minimum absolute atomic E-state index is 0.0270. The van der Waals surface area contributed by atoms with E-state index in [1.54, 1.807) is 13.8 Å². The molecule has 190 valence electrons. The quantitative estimate of drug-likeness (QED) is 0.495. The molecule has 1 aromatic heterocycles. The number of benzene rings is 2. The molecule has 2 N–H and O–H groups in total. The number of anilines is 1. The third kappa shape index (κ3) is 3.39. The zero-order chi connectivity index (χ0) is 26.1. The number of amides is 4. The molecule has 0 bridgehead atoms.